The summed E-state index contributed by atoms with van der Waals surface area (Å²) in [6, 6.07) is 13.7. The van der Waals surface area contributed by atoms with Crippen LogP contribution in [-0.4, -0.2) is 33.2 Å². The van der Waals surface area contributed by atoms with Gasteiger partial charge in [0.25, 0.3) is 0 Å². The second-order valence-corrected chi connectivity index (χ2v) is 8.05. The first kappa shape index (κ1) is 21.5. The van der Waals surface area contributed by atoms with Gasteiger partial charge < -0.3 is 15.5 Å². The molecule has 1 aliphatic heterocycles. The van der Waals surface area contributed by atoms with E-state index in [0.717, 1.165) is 35.5 Å². The summed E-state index contributed by atoms with van der Waals surface area (Å²) in [6.07, 6.45) is 1.52. The van der Waals surface area contributed by atoms with Gasteiger partial charge in [-0.2, -0.15) is 5.10 Å². The fraction of sp³-hybridized carbons (Fsp3) is 0.292. The molecule has 2 heterocycles. The normalized spacial score (nSPS) is 13.5. The summed E-state index contributed by atoms with van der Waals surface area (Å²) in [7, 11) is 0. The van der Waals surface area contributed by atoms with Crippen molar-refractivity contribution in [3.63, 3.8) is 0 Å². The van der Waals surface area contributed by atoms with Gasteiger partial charge in [-0.25, -0.2) is 13.9 Å². The Balaban J connectivity index is 1.34. The van der Waals surface area contributed by atoms with Gasteiger partial charge in [-0.15, -0.1) is 0 Å². The number of nitrogens with one attached hydrogen (secondary N) is 2. The predicted molar refractivity (Wildman–Crippen MR) is 120 cm³/mol. The lowest BCUT2D eigenvalue weighted by Gasteiger charge is -2.16. The molecule has 0 spiro atoms. The zero-order valence-electron chi connectivity index (χ0n) is 18.2. The Labute approximate surface area is 186 Å². The van der Waals surface area contributed by atoms with Crippen molar-refractivity contribution in [3.05, 3.63) is 76.9 Å². The van der Waals surface area contributed by atoms with Crippen molar-refractivity contribution in [2.24, 2.45) is 0 Å². The predicted octanol–water partition coefficient (Wildman–Crippen LogP) is 4.07. The van der Waals surface area contributed by atoms with Crippen LogP contribution < -0.4 is 10.6 Å². The maximum atomic E-state index is 14.6. The van der Waals surface area contributed by atoms with E-state index in [2.05, 4.69) is 15.7 Å². The van der Waals surface area contributed by atoms with Crippen LogP contribution in [0.2, 0.25) is 0 Å². The van der Waals surface area contributed by atoms with Crippen LogP contribution in [0.5, 0.6) is 0 Å². The number of anilines is 1. The number of carbonyl (C=O) groups is 2. The summed E-state index contributed by atoms with van der Waals surface area (Å²) in [5.74, 6) is -0.290. The number of amides is 3. The van der Waals surface area contributed by atoms with E-state index in [9.17, 15) is 14.0 Å². The van der Waals surface area contributed by atoms with E-state index in [1.54, 1.807) is 12.1 Å². The monoisotopic (exact) mass is 435 g/mol. The Morgan fingerprint density at radius 3 is 2.62 bits per heavy atom. The topological polar surface area (TPSA) is 79.3 Å². The molecule has 0 atom stereocenters. The van der Waals surface area contributed by atoms with E-state index in [4.69, 9.17) is 0 Å². The van der Waals surface area contributed by atoms with Crippen molar-refractivity contribution in [1.82, 2.24) is 20.0 Å². The van der Waals surface area contributed by atoms with Crippen molar-refractivity contribution >= 4 is 17.6 Å². The minimum atomic E-state index is -0.474. The zero-order valence-corrected chi connectivity index (χ0v) is 18.2. The van der Waals surface area contributed by atoms with Gasteiger partial charge in [-0.1, -0.05) is 24.3 Å². The molecule has 1 aromatic heterocycles. The maximum absolute atomic E-state index is 14.6. The van der Waals surface area contributed by atoms with E-state index in [1.165, 1.54) is 10.7 Å². The molecule has 7 nitrogen and oxygen atoms in total. The van der Waals surface area contributed by atoms with Crippen LogP contribution in [0.15, 0.2) is 48.5 Å². The van der Waals surface area contributed by atoms with Crippen LogP contribution in [0.1, 0.15) is 35.4 Å². The highest BCUT2D eigenvalue weighted by Crippen LogP contribution is 2.20. The number of nitrogens with zero attached hydrogens (tertiary/aromatic N) is 3. The molecule has 3 amide bonds. The van der Waals surface area contributed by atoms with Crippen LogP contribution in [0.3, 0.4) is 0 Å². The van der Waals surface area contributed by atoms with Crippen molar-refractivity contribution < 1.29 is 14.0 Å². The molecular formula is C24H26FN5O2. The second kappa shape index (κ2) is 9.21. The number of aromatic nitrogens is 2. The van der Waals surface area contributed by atoms with Crippen LogP contribution in [0, 0.1) is 19.7 Å². The van der Waals surface area contributed by atoms with Crippen molar-refractivity contribution in [2.45, 2.75) is 39.8 Å². The number of benzene rings is 2. The van der Waals surface area contributed by atoms with Crippen LogP contribution >= 0.6 is 0 Å². The van der Waals surface area contributed by atoms with Crippen molar-refractivity contribution in [2.75, 3.05) is 11.9 Å². The van der Waals surface area contributed by atoms with E-state index in [-0.39, 0.29) is 5.91 Å². The lowest BCUT2D eigenvalue weighted by Crippen LogP contribution is -2.28. The van der Waals surface area contributed by atoms with Gasteiger partial charge in [0.05, 0.1) is 5.69 Å². The number of hydrogen-bond donors (Lipinski definition) is 2. The summed E-state index contributed by atoms with van der Waals surface area (Å²) in [5.41, 5.74) is 4.27. The highest BCUT2D eigenvalue weighted by molar-refractivity contribution is 5.89. The van der Waals surface area contributed by atoms with Gasteiger partial charge in [0.2, 0.25) is 5.91 Å². The van der Waals surface area contributed by atoms with E-state index >= 15 is 0 Å². The number of aryl methyl sites for hydroxylation is 2. The molecule has 32 heavy (non-hydrogen) atoms. The van der Waals surface area contributed by atoms with Gasteiger partial charge in [0.15, 0.2) is 5.82 Å². The quantitative estimate of drug-likeness (QED) is 0.613. The number of hydrogen-bond acceptors (Lipinski definition) is 3. The largest absolute Gasteiger partial charge is 0.338 e. The third-order valence-corrected chi connectivity index (χ3v) is 5.43. The number of rotatable bonds is 6. The van der Waals surface area contributed by atoms with Crippen LogP contribution in [-0.2, 0) is 17.9 Å². The molecule has 166 valence electrons. The fourth-order valence-corrected chi connectivity index (χ4v) is 3.92. The molecule has 3 aromatic rings. The lowest BCUT2D eigenvalue weighted by molar-refractivity contribution is -0.128. The number of halogens is 1. The first-order valence-electron chi connectivity index (χ1n) is 10.6. The summed E-state index contributed by atoms with van der Waals surface area (Å²) in [5, 5.41) is 9.74. The molecule has 8 heteroatoms. The summed E-state index contributed by atoms with van der Waals surface area (Å²) >= 11 is 0. The molecular weight excluding hydrogens is 409 g/mol. The SMILES string of the molecule is Cc1cc(C)n(-c2ccc(NC(=O)NCc3cccc(CN4CCCC4=O)c3)cc2F)n1. The number of urea groups is 1. The molecule has 4 rings (SSSR count). The minimum Gasteiger partial charge on any atom is -0.338 e. The first-order chi connectivity index (χ1) is 15.4. The average Bonchev–Trinajstić information content (AvgIpc) is 3.31. The summed E-state index contributed by atoms with van der Waals surface area (Å²) < 4.78 is 16.1. The van der Waals surface area contributed by atoms with E-state index in [1.807, 2.05) is 49.1 Å². The standard InChI is InChI=1S/C24H26FN5O2/c1-16-11-17(2)30(28-16)22-9-8-20(13-21(22)25)27-24(32)26-14-18-5-3-6-19(12-18)15-29-10-4-7-23(29)31/h3,5-6,8-9,11-13H,4,7,10,14-15H2,1-2H3,(H2,26,27,32). The zero-order chi connectivity index (χ0) is 22.7. The smallest absolute Gasteiger partial charge is 0.319 e. The van der Waals surface area contributed by atoms with E-state index < -0.39 is 11.8 Å². The molecule has 0 bridgehead atoms. The number of likely N-dealkylation sites (tertiary alicyclic amines) is 1. The third-order valence-electron chi connectivity index (χ3n) is 5.43. The third kappa shape index (κ3) is 4.96. The van der Waals surface area contributed by atoms with Gasteiger partial charge in [0, 0.05) is 37.4 Å². The molecule has 2 aromatic carbocycles. The Morgan fingerprint density at radius 1 is 1.12 bits per heavy atom. The van der Waals surface area contributed by atoms with E-state index in [0.29, 0.717) is 30.9 Å². The van der Waals surface area contributed by atoms with Crippen LogP contribution in [0.25, 0.3) is 5.69 Å². The molecule has 1 fully saturated rings. The molecule has 0 aliphatic carbocycles. The van der Waals surface area contributed by atoms with Gasteiger partial charge >= 0.3 is 6.03 Å². The molecule has 1 aliphatic rings. The highest BCUT2D eigenvalue weighted by atomic mass is 19.1. The minimum absolute atomic E-state index is 0.184. The van der Waals surface area contributed by atoms with Gasteiger partial charge in [0.1, 0.15) is 5.69 Å². The average molecular weight is 436 g/mol. The van der Waals surface area contributed by atoms with Gasteiger partial charge in [-0.3, -0.25) is 4.79 Å². The summed E-state index contributed by atoms with van der Waals surface area (Å²) in [4.78, 5) is 26.0. The van der Waals surface area contributed by atoms with Gasteiger partial charge in [-0.05, 0) is 55.7 Å². The Morgan fingerprint density at radius 2 is 1.94 bits per heavy atom. The van der Waals surface area contributed by atoms with Crippen molar-refractivity contribution in [1.29, 1.82) is 0 Å². The Kier molecular flexibility index (Phi) is 6.20. The highest BCUT2D eigenvalue weighted by Gasteiger charge is 2.20. The fourth-order valence-electron chi connectivity index (χ4n) is 3.92. The maximum Gasteiger partial charge on any atom is 0.319 e. The van der Waals surface area contributed by atoms with Crippen molar-refractivity contribution in [3.8, 4) is 5.69 Å². The second-order valence-electron chi connectivity index (χ2n) is 8.05. The molecule has 0 unspecified atom stereocenters. The first-order valence-corrected chi connectivity index (χ1v) is 10.6. The summed E-state index contributed by atoms with van der Waals surface area (Å²) in [6.45, 7) is 5.40. The molecule has 1 saturated heterocycles. The molecule has 2 N–H and O–H groups in total. The molecule has 0 radical (unpaired) electrons. The Hall–Kier alpha value is -3.68. The molecule has 0 saturated carbocycles. The van der Waals surface area contributed by atoms with Crippen LogP contribution in [0.4, 0.5) is 14.9 Å². The Bertz CT molecular complexity index is 1160. The lowest BCUT2D eigenvalue weighted by atomic mass is 10.1. The number of carbonyl (C=O) groups excluding carboxylic acids is 2.